The van der Waals surface area contributed by atoms with Gasteiger partial charge in [0.05, 0.1) is 6.61 Å². The van der Waals surface area contributed by atoms with E-state index in [2.05, 4.69) is 12.1 Å². The summed E-state index contributed by atoms with van der Waals surface area (Å²) in [4.78, 5) is 11.1. The fourth-order valence-electron chi connectivity index (χ4n) is 1.36. The molecule has 16 heavy (non-hydrogen) atoms. The Labute approximate surface area is 96.9 Å². The van der Waals surface area contributed by atoms with Crippen LogP contribution in [0.2, 0.25) is 0 Å². The molecule has 86 valence electrons. The zero-order valence-electron chi connectivity index (χ0n) is 9.69. The van der Waals surface area contributed by atoms with Gasteiger partial charge in [0.25, 0.3) is 0 Å². The Bertz CT molecular complexity index is 328. The maximum absolute atomic E-state index is 11.1. The molecule has 0 amide bonds. The van der Waals surface area contributed by atoms with Crippen LogP contribution in [0.15, 0.2) is 42.5 Å². The lowest BCUT2D eigenvalue weighted by atomic mass is 10.1. The first-order chi connectivity index (χ1) is 7.83. The maximum atomic E-state index is 11.1. The molecule has 0 aliphatic rings. The van der Waals surface area contributed by atoms with Crippen LogP contribution in [0.3, 0.4) is 0 Å². The van der Waals surface area contributed by atoms with Gasteiger partial charge in [-0.25, -0.2) is 4.79 Å². The van der Waals surface area contributed by atoms with Crippen LogP contribution in [0.25, 0.3) is 0 Å². The van der Waals surface area contributed by atoms with Gasteiger partial charge in [-0.05, 0) is 24.8 Å². The second-order valence-electron chi connectivity index (χ2n) is 3.57. The second kappa shape index (κ2) is 7.69. The van der Waals surface area contributed by atoms with E-state index in [1.807, 2.05) is 25.1 Å². The van der Waals surface area contributed by atoms with Crippen molar-refractivity contribution in [1.82, 2.24) is 0 Å². The van der Waals surface area contributed by atoms with Crippen LogP contribution in [0.5, 0.6) is 0 Å². The quantitative estimate of drug-likeness (QED) is 0.416. The highest BCUT2D eigenvalue weighted by atomic mass is 16.5. The van der Waals surface area contributed by atoms with Gasteiger partial charge < -0.3 is 4.74 Å². The molecule has 0 aromatic heterocycles. The lowest BCUT2D eigenvalue weighted by Crippen LogP contribution is -2.03. The van der Waals surface area contributed by atoms with Crippen molar-refractivity contribution in [1.29, 1.82) is 0 Å². The Morgan fingerprint density at radius 3 is 2.75 bits per heavy atom. The van der Waals surface area contributed by atoms with Crippen LogP contribution >= 0.6 is 0 Å². The first-order valence-corrected chi connectivity index (χ1v) is 5.70. The first kappa shape index (κ1) is 12.5. The van der Waals surface area contributed by atoms with E-state index in [9.17, 15) is 4.79 Å². The molecule has 2 nitrogen and oxygen atoms in total. The number of hydrogen-bond acceptors (Lipinski definition) is 2. The third-order valence-electron chi connectivity index (χ3n) is 2.19. The van der Waals surface area contributed by atoms with Crippen LogP contribution in [-0.4, -0.2) is 12.6 Å². The summed E-state index contributed by atoms with van der Waals surface area (Å²) < 4.78 is 5.04. The minimum Gasteiger partial charge on any atom is -0.463 e. The summed E-state index contributed by atoms with van der Waals surface area (Å²) in [6.07, 6.45) is 5.97. The Balaban J connectivity index is 2.13. The molecule has 0 aliphatic carbocycles. The van der Waals surface area contributed by atoms with Gasteiger partial charge in [0.1, 0.15) is 0 Å². The van der Waals surface area contributed by atoms with E-state index >= 15 is 0 Å². The van der Waals surface area contributed by atoms with E-state index in [-0.39, 0.29) is 5.97 Å². The van der Waals surface area contributed by atoms with Gasteiger partial charge in [-0.15, -0.1) is 0 Å². The zero-order chi connectivity index (χ0) is 11.6. The summed E-state index contributed by atoms with van der Waals surface area (Å²) in [6.45, 7) is 2.47. The Hall–Kier alpha value is -1.57. The third kappa shape index (κ3) is 5.35. The monoisotopic (exact) mass is 218 g/mol. The highest BCUT2D eigenvalue weighted by molar-refractivity contribution is 5.81. The molecule has 0 saturated heterocycles. The number of esters is 1. The number of benzene rings is 1. The fraction of sp³-hybridized carbons (Fsp3) is 0.357. The van der Waals surface area contributed by atoms with Gasteiger partial charge in [-0.2, -0.15) is 0 Å². The predicted octanol–water partition coefficient (Wildman–Crippen LogP) is 3.13. The minimum absolute atomic E-state index is 0.241. The molecule has 0 atom stereocenters. The largest absolute Gasteiger partial charge is 0.463 e. The molecule has 0 heterocycles. The number of carbonyl (C=O) groups is 1. The SMILES string of the molecule is CC/C=C/C(=O)OCCCc1ccccc1. The molecular formula is C14H18O2. The summed E-state index contributed by atoms with van der Waals surface area (Å²) >= 11 is 0. The second-order valence-corrected chi connectivity index (χ2v) is 3.57. The van der Waals surface area contributed by atoms with Crippen LogP contribution < -0.4 is 0 Å². The summed E-state index contributed by atoms with van der Waals surface area (Å²) in [5.41, 5.74) is 1.28. The van der Waals surface area contributed by atoms with Crippen LogP contribution in [-0.2, 0) is 16.0 Å². The highest BCUT2D eigenvalue weighted by Crippen LogP contribution is 2.02. The van der Waals surface area contributed by atoms with Gasteiger partial charge in [0, 0.05) is 6.08 Å². The Morgan fingerprint density at radius 2 is 2.06 bits per heavy atom. The van der Waals surface area contributed by atoms with Crippen molar-refractivity contribution in [3.8, 4) is 0 Å². The van der Waals surface area contributed by atoms with Gasteiger partial charge in [0.15, 0.2) is 0 Å². The average molecular weight is 218 g/mol. The van der Waals surface area contributed by atoms with Crippen molar-refractivity contribution < 1.29 is 9.53 Å². The Morgan fingerprint density at radius 1 is 1.31 bits per heavy atom. The van der Waals surface area contributed by atoms with Crippen molar-refractivity contribution in [2.24, 2.45) is 0 Å². The van der Waals surface area contributed by atoms with Gasteiger partial charge in [-0.1, -0.05) is 43.3 Å². The van der Waals surface area contributed by atoms with Crippen molar-refractivity contribution in [3.05, 3.63) is 48.0 Å². The fourth-order valence-corrected chi connectivity index (χ4v) is 1.36. The van der Waals surface area contributed by atoms with E-state index in [0.29, 0.717) is 6.61 Å². The molecule has 0 saturated carbocycles. The lowest BCUT2D eigenvalue weighted by molar-refractivity contribution is -0.137. The van der Waals surface area contributed by atoms with Crippen LogP contribution in [0, 0.1) is 0 Å². The molecule has 1 aromatic carbocycles. The number of hydrogen-bond donors (Lipinski definition) is 0. The van der Waals surface area contributed by atoms with Crippen molar-refractivity contribution in [2.45, 2.75) is 26.2 Å². The van der Waals surface area contributed by atoms with E-state index < -0.39 is 0 Å². The molecule has 1 rings (SSSR count). The number of allylic oxidation sites excluding steroid dienone is 1. The lowest BCUT2D eigenvalue weighted by Gasteiger charge is -2.02. The van der Waals surface area contributed by atoms with Gasteiger partial charge in [-0.3, -0.25) is 0 Å². The van der Waals surface area contributed by atoms with E-state index in [4.69, 9.17) is 4.74 Å². The summed E-state index contributed by atoms with van der Waals surface area (Å²) in [6, 6.07) is 10.2. The highest BCUT2D eigenvalue weighted by Gasteiger charge is 1.96. The number of ether oxygens (including phenoxy) is 1. The maximum Gasteiger partial charge on any atom is 0.330 e. The molecule has 1 aromatic rings. The molecule has 0 fully saturated rings. The van der Waals surface area contributed by atoms with E-state index in [1.54, 1.807) is 6.08 Å². The molecule has 0 spiro atoms. The standard InChI is InChI=1S/C14H18O2/c1-2-3-11-14(15)16-12-7-10-13-8-5-4-6-9-13/h3-6,8-9,11H,2,7,10,12H2,1H3/b11-3+. The Kier molecular flexibility index (Phi) is 6.00. The van der Waals surface area contributed by atoms with Crippen LogP contribution in [0.4, 0.5) is 0 Å². The smallest absolute Gasteiger partial charge is 0.330 e. The topological polar surface area (TPSA) is 26.3 Å². The van der Waals surface area contributed by atoms with Crippen LogP contribution in [0.1, 0.15) is 25.3 Å². The third-order valence-corrected chi connectivity index (χ3v) is 2.19. The average Bonchev–Trinajstić information content (AvgIpc) is 2.33. The predicted molar refractivity (Wildman–Crippen MR) is 65.2 cm³/mol. The normalized spacial score (nSPS) is 10.6. The van der Waals surface area contributed by atoms with E-state index in [0.717, 1.165) is 19.3 Å². The zero-order valence-corrected chi connectivity index (χ0v) is 9.69. The molecule has 0 radical (unpaired) electrons. The number of aryl methyl sites for hydroxylation is 1. The number of carbonyl (C=O) groups excluding carboxylic acids is 1. The summed E-state index contributed by atoms with van der Waals surface area (Å²) in [7, 11) is 0. The minimum atomic E-state index is -0.241. The first-order valence-electron chi connectivity index (χ1n) is 5.70. The van der Waals surface area contributed by atoms with Crippen molar-refractivity contribution >= 4 is 5.97 Å². The van der Waals surface area contributed by atoms with Crippen molar-refractivity contribution in [3.63, 3.8) is 0 Å². The summed E-state index contributed by atoms with van der Waals surface area (Å²) in [5, 5.41) is 0. The van der Waals surface area contributed by atoms with Gasteiger partial charge >= 0.3 is 5.97 Å². The number of rotatable bonds is 6. The van der Waals surface area contributed by atoms with Gasteiger partial charge in [0.2, 0.25) is 0 Å². The molecule has 2 heteroatoms. The van der Waals surface area contributed by atoms with E-state index in [1.165, 1.54) is 11.6 Å². The molecule has 0 aliphatic heterocycles. The molecule has 0 N–H and O–H groups in total. The summed E-state index contributed by atoms with van der Waals surface area (Å²) in [5.74, 6) is -0.241. The molecule has 0 unspecified atom stereocenters. The molecular weight excluding hydrogens is 200 g/mol. The molecule has 0 bridgehead atoms. The van der Waals surface area contributed by atoms with Crippen molar-refractivity contribution in [2.75, 3.05) is 6.61 Å².